The second kappa shape index (κ2) is 11.6. The van der Waals surface area contributed by atoms with Crippen molar-refractivity contribution in [1.29, 1.82) is 0 Å². The van der Waals surface area contributed by atoms with Crippen molar-refractivity contribution in [2.24, 2.45) is 0 Å². The van der Waals surface area contributed by atoms with Crippen LogP contribution in [0.4, 0.5) is 0 Å². The SMILES string of the molecule is C=CCN1C[C@@H](C)N([C@@H](c2cccc(O[Si](C)(C)C(C)(C)C)c2)c2cc(Br)[c-]s2)C[C@@H]1C.[Li+]. The van der Waals surface area contributed by atoms with Gasteiger partial charge >= 0.3 is 18.9 Å². The minimum absolute atomic E-state index is 0. The maximum absolute atomic E-state index is 6.67. The second-order valence-electron chi connectivity index (χ2n) is 10.6. The van der Waals surface area contributed by atoms with Crippen LogP contribution >= 0.6 is 27.3 Å². The third-order valence-corrected chi connectivity index (χ3v) is 13.0. The molecule has 0 N–H and O–H groups in total. The minimum atomic E-state index is -1.90. The van der Waals surface area contributed by atoms with Gasteiger partial charge < -0.3 is 4.43 Å². The number of thiophene rings is 1. The Hall–Kier alpha value is -0.326. The Balaban J connectivity index is 0.00000385. The van der Waals surface area contributed by atoms with Crippen LogP contribution in [0.25, 0.3) is 0 Å². The van der Waals surface area contributed by atoms with Crippen molar-refractivity contribution in [2.75, 3.05) is 19.6 Å². The largest absolute Gasteiger partial charge is 1.00 e. The van der Waals surface area contributed by atoms with Crippen LogP contribution in [0.1, 0.15) is 51.1 Å². The predicted octanol–water partition coefficient (Wildman–Crippen LogP) is 4.37. The van der Waals surface area contributed by atoms with Crippen LogP contribution in [0, 0.1) is 5.38 Å². The van der Waals surface area contributed by atoms with Crippen molar-refractivity contribution in [2.45, 2.75) is 70.9 Å². The molecule has 3 rings (SSSR count). The Labute approximate surface area is 227 Å². The first-order valence-corrected chi connectivity index (χ1v) is 16.0. The van der Waals surface area contributed by atoms with Gasteiger partial charge in [0.1, 0.15) is 5.75 Å². The first-order chi connectivity index (χ1) is 14.9. The maximum atomic E-state index is 6.67. The summed E-state index contributed by atoms with van der Waals surface area (Å²) in [6.45, 7) is 23.1. The number of piperazine rings is 1. The molecule has 0 amide bonds. The van der Waals surface area contributed by atoms with Crippen LogP contribution in [-0.4, -0.2) is 49.8 Å². The number of hydrogen-bond donors (Lipinski definition) is 0. The zero-order valence-corrected chi connectivity index (χ0v) is 25.0. The molecule has 3 atom stereocenters. The Bertz CT molecular complexity index is 929. The third kappa shape index (κ3) is 6.88. The summed E-state index contributed by atoms with van der Waals surface area (Å²) in [7, 11) is -1.90. The molecule has 0 saturated carbocycles. The van der Waals surface area contributed by atoms with E-state index in [4.69, 9.17) is 4.43 Å². The molecule has 33 heavy (non-hydrogen) atoms. The molecule has 1 fully saturated rings. The Morgan fingerprint density at radius 2 is 1.94 bits per heavy atom. The van der Waals surface area contributed by atoms with Crippen LogP contribution in [0.3, 0.4) is 0 Å². The summed E-state index contributed by atoms with van der Waals surface area (Å²) in [5.41, 5.74) is 1.29. The van der Waals surface area contributed by atoms with Gasteiger partial charge in [-0.05, 0) is 49.7 Å². The number of rotatable bonds is 7. The maximum Gasteiger partial charge on any atom is 1.00 e. The number of hydrogen-bond acceptors (Lipinski definition) is 4. The van der Waals surface area contributed by atoms with Gasteiger partial charge in [-0.25, -0.2) is 0 Å². The molecule has 1 saturated heterocycles. The molecule has 0 aliphatic carbocycles. The summed E-state index contributed by atoms with van der Waals surface area (Å²) in [5.74, 6) is 0.990. The average Bonchev–Trinajstić information content (AvgIpc) is 3.11. The summed E-state index contributed by atoms with van der Waals surface area (Å²) >= 11 is 5.34. The standard InChI is InChI=1S/C26H38BrN2OSSi.Li/c1-9-13-28-16-20(3)29(17-19(28)2)25(24-15-22(27)18-31-24)21-11-10-12-23(14-21)30-32(7,8)26(4,5)6;/h9-12,14-15,19-20,25H,1,13,16-17H2,2-8H3;/q-1;+1/t19-,20+,25-;/m0./s1. The van der Waals surface area contributed by atoms with Crippen molar-refractivity contribution in [1.82, 2.24) is 9.80 Å². The first-order valence-electron chi connectivity index (χ1n) is 11.5. The molecule has 1 aliphatic heterocycles. The van der Waals surface area contributed by atoms with Gasteiger partial charge in [-0.3, -0.25) is 21.1 Å². The van der Waals surface area contributed by atoms with Gasteiger partial charge in [-0.15, -0.1) is 16.8 Å². The molecule has 0 unspecified atom stereocenters. The Morgan fingerprint density at radius 1 is 1.24 bits per heavy atom. The third-order valence-electron chi connectivity index (χ3n) is 7.02. The van der Waals surface area contributed by atoms with Crippen LogP contribution in [0.5, 0.6) is 5.75 Å². The fourth-order valence-electron chi connectivity index (χ4n) is 4.15. The summed E-state index contributed by atoms with van der Waals surface area (Å²) in [6, 6.07) is 12.1. The van der Waals surface area contributed by atoms with Crippen LogP contribution in [0.2, 0.25) is 18.1 Å². The summed E-state index contributed by atoms with van der Waals surface area (Å²) in [4.78, 5) is 6.50. The van der Waals surface area contributed by atoms with E-state index in [0.29, 0.717) is 12.1 Å². The van der Waals surface area contributed by atoms with Gasteiger partial charge in [0, 0.05) is 37.8 Å². The van der Waals surface area contributed by atoms with Crippen LogP contribution < -0.4 is 23.3 Å². The van der Waals surface area contributed by atoms with E-state index in [0.717, 1.165) is 29.9 Å². The second-order valence-corrected chi connectivity index (χ2v) is 17.0. The van der Waals surface area contributed by atoms with E-state index in [1.165, 1.54) is 10.4 Å². The summed E-state index contributed by atoms with van der Waals surface area (Å²) in [5, 5.41) is 3.54. The topological polar surface area (TPSA) is 15.7 Å². The first kappa shape index (κ1) is 28.9. The molecular weight excluding hydrogens is 503 g/mol. The monoisotopic (exact) mass is 540 g/mol. The minimum Gasteiger partial charge on any atom is -0.543 e. The molecule has 7 heteroatoms. The predicted molar refractivity (Wildman–Crippen MR) is 144 cm³/mol. The van der Waals surface area contributed by atoms with E-state index in [9.17, 15) is 0 Å². The normalized spacial score (nSPS) is 21.3. The molecule has 176 valence electrons. The average molecular weight is 542 g/mol. The molecule has 0 radical (unpaired) electrons. The van der Waals surface area contributed by atoms with E-state index in [1.807, 2.05) is 6.08 Å². The zero-order valence-electron chi connectivity index (χ0n) is 21.6. The summed E-state index contributed by atoms with van der Waals surface area (Å²) < 4.78 is 7.70. The fraction of sp³-hybridized carbons (Fsp3) is 0.538. The van der Waals surface area contributed by atoms with Gasteiger partial charge in [-0.2, -0.15) is 6.07 Å². The molecular formula is C26H38BrLiN2OSSi. The van der Waals surface area contributed by atoms with E-state index in [-0.39, 0.29) is 29.9 Å². The molecule has 0 spiro atoms. The van der Waals surface area contributed by atoms with Gasteiger partial charge in [0.2, 0.25) is 8.32 Å². The van der Waals surface area contributed by atoms with E-state index in [2.05, 4.69) is 116 Å². The van der Waals surface area contributed by atoms with E-state index in [1.54, 1.807) is 11.3 Å². The van der Waals surface area contributed by atoms with Crippen molar-refractivity contribution in [3.05, 3.63) is 63.3 Å². The van der Waals surface area contributed by atoms with Crippen molar-refractivity contribution in [3.8, 4) is 5.75 Å². The molecule has 3 nitrogen and oxygen atoms in total. The van der Waals surface area contributed by atoms with Gasteiger partial charge in [0.25, 0.3) is 0 Å². The molecule has 1 aromatic carbocycles. The van der Waals surface area contributed by atoms with Crippen molar-refractivity contribution in [3.63, 3.8) is 0 Å². The van der Waals surface area contributed by atoms with Crippen molar-refractivity contribution >= 4 is 35.6 Å². The number of nitrogens with zero attached hydrogens (tertiary/aromatic N) is 2. The molecule has 1 aromatic heterocycles. The van der Waals surface area contributed by atoms with Gasteiger partial charge in [0.15, 0.2) is 0 Å². The Morgan fingerprint density at radius 3 is 2.52 bits per heavy atom. The molecule has 2 aromatic rings. The molecule has 2 heterocycles. The van der Waals surface area contributed by atoms with Crippen LogP contribution in [0.15, 0.2) is 47.5 Å². The summed E-state index contributed by atoms with van der Waals surface area (Å²) in [6.07, 6.45) is 2.02. The fourth-order valence-corrected chi connectivity index (χ4v) is 6.64. The zero-order chi connectivity index (χ0) is 23.7. The van der Waals surface area contributed by atoms with Gasteiger partial charge in [-0.1, -0.05) is 59.4 Å². The number of halogens is 1. The van der Waals surface area contributed by atoms with E-state index >= 15 is 0 Å². The Kier molecular flexibility index (Phi) is 10.2. The molecule has 1 aliphatic rings. The number of benzene rings is 1. The van der Waals surface area contributed by atoms with E-state index < -0.39 is 8.32 Å². The smallest absolute Gasteiger partial charge is 0.543 e. The molecule has 0 bridgehead atoms. The van der Waals surface area contributed by atoms with Gasteiger partial charge in [0.05, 0.1) is 0 Å². The van der Waals surface area contributed by atoms with Crippen LogP contribution in [-0.2, 0) is 0 Å². The quantitative estimate of drug-likeness (QED) is 0.294. The van der Waals surface area contributed by atoms with Crippen molar-refractivity contribution < 1.29 is 23.3 Å².